The van der Waals surface area contributed by atoms with Crippen LogP contribution in [0.4, 0.5) is 0 Å². The second kappa shape index (κ2) is 5.65. The predicted molar refractivity (Wildman–Crippen MR) is 67.9 cm³/mol. The van der Waals surface area contributed by atoms with Crippen LogP contribution in [0.5, 0.6) is 0 Å². The summed E-state index contributed by atoms with van der Waals surface area (Å²) in [6.07, 6.45) is 0.154. The van der Waals surface area contributed by atoms with Crippen molar-refractivity contribution in [3.05, 3.63) is 29.8 Å². The van der Waals surface area contributed by atoms with Crippen molar-refractivity contribution in [3.8, 4) is 0 Å². The number of hydrogen-bond donors (Lipinski definition) is 0. The van der Waals surface area contributed by atoms with Crippen molar-refractivity contribution in [2.75, 3.05) is 0 Å². The number of aryl methyl sites for hydroxylation is 1. The molecule has 0 aromatic heterocycles. The fraction of sp³-hybridized carbons (Fsp3) is 0.417. The van der Waals surface area contributed by atoms with E-state index in [2.05, 4.69) is 0 Å². The standard InChI is InChI=1S/C12H15ClO3S/c1-3-10(14)8-12(13)17(15,16)11-6-4-9(2)5-7-11/h4-7,12H,3,8H2,1-2H3. The summed E-state index contributed by atoms with van der Waals surface area (Å²) in [5.41, 5.74) is 0.972. The van der Waals surface area contributed by atoms with E-state index in [0.29, 0.717) is 6.42 Å². The molecule has 1 rings (SSSR count). The first-order valence-electron chi connectivity index (χ1n) is 5.34. The fourth-order valence-corrected chi connectivity index (χ4v) is 3.01. The van der Waals surface area contributed by atoms with Gasteiger partial charge in [0.15, 0.2) is 9.84 Å². The van der Waals surface area contributed by atoms with Crippen molar-refractivity contribution in [2.24, 2.45) is 0 Å². The quantitative estimate of drug-likeness (QED) is 0.776. The normalized spacial score (nSPS) is 13.4. The first-order chi connectivity index (χ1) is 7.87. The van der Waals surface area contributed by atoms with Crippen LogP contribution in [0.2, 0.25) is 0 Å². The van der Waals surface area contributed by atoms with Gasteiger partial charge in [0.2, 0.25) is 0 Å². The van der Waals surface area contributed by atoms with Gasteiger partial charge in [-0.1, -0.05) is 24.6 Å². The fourth-order valence-electron chi connectivity index (χ4n) is 1.31. The zero-order valence-electron chi connectivity index (χ0n) is 9.81. The van der Waals surface area contributed by atoms with Gasteiger partial charge in [0.25, 0.3) is 0 Å². The van der Waals surface area contributed by atoms with E-state index in [0.717, 1.165) is 5.56 Å². The van der Waals surface area contributed by atoms with Crippen LogP contribution in [0.1, 0.15) is 25.3 Å². The van der Waals surface area contributed by atoms with Crippen LogP contribution in [0.25, 0.3) is 0 Å². The molecular formula is C12H15ClO3S. The minimum atomic E-state index is -3.62. The molecule has 94 valence electrons. The Bertz CT molecular complexity index is 491. The maximum absolute atomic E-state index is 12.0. The average molecular weight is 275 g/mol. The Morgan fingerprint density at radius 2 is 1.82 bits per heavy atom. The maximum atomic E-state index is 12.0. The van der Waals surface area contributed by atoms with Crippen LogP contribution >= 0.6 is 11.6 Å². The largest absolute Gasteiger partial charge is 0.300 e. The zero-order chi connectivity index (χ0) is 13.1. The molecule has 0 saturated heterocycles. The van der Waals surface area contributed by atoms with Crippen LogP contribution in [-0.2, 0) is 14.6 Å². The van der Waals surface area contributed by atoms with Crippen molar-refractivity contribution in [1.82, 2.24) is 0 Å². The number of Topliss-reactive ketones (excluding diaryl/α,β-unsaturated/α-hetero) is 1. The lowest BCUT2D eigenvalue weighted by atomic mass is 10.2. The van der Waals surface area contributed by atoms with Gasteiger partial charge < -0.3 is 0 Å². The number of rotatable bonds is 5. The zero-order valence-corrected chi connectivity index (χ0v) is 11.4. The average Bonchev–Trinajstić information content (AvgIpc) is 2.29. The van der Waals surface area contributed by atoms with Crippen LogP contribution in [0.15, 0.2) is 29.2 Å². The highest BCUT2D eigenvalue weighted by Crippen LogP contribution is 2.22. The number of benzene rings is 1. The molecule has 3 nitrogen and oxygen atoms in total. The van der Waals surface area contributed by atoms with Gasteiger partial charge in [0.1, 0.15) is 10.5 Å². The summed E-state index contributed by atoms with van der Waals surface area (Å²) in [7, 11) is -3.62. The second-order valence-corrected chi connectivity index (χ2v) is 6.78. The van der Waals surface area contributed by atoms with Crippen molar-refractivity contribution >= 4 is 27.2 Å². The molecule has 1 atom stereocenters. The van der Waals surface area contributed by atoms with E-state index < -0.39 is 14.5 Å². The third kappa shape index (κ3) is 3.54. The molecule has 1 aromatic rings. The summed E-state index contributed by atoms with van der Waals surface area (Å²) in [5.74, 6) is -0.152. The molecule has 5 heteroatoms. The molecular weight excluding hydrogens is 260 g/mol. The Labute approximate surface area is 107 Å². The molecule has 0 radical (unpaired) electrons. The Balaban J connectivity index is 2.95. The molecule has 0 amide bonds. The molecule has 0 N–H and O–H groups in total. The molecule has 0 fully saturated rings. The molecule has 0 heterocycles. The van der Waals surface area contributed by atoms with E-state index in [9.17, 15) is 13.2 Å². The third-order valence-electron chi connectivity index (χ3n) is 2.47. The Morgan fingerprint density at radius 1 is 1.29 bits per heavy atom. The number of halogens is 1. The number of alkyl halides is 1. The summed E-state index contributed by atoms with van der Waals surface area (Å²) in [6.45, 7) is 3.56. The van der Waals surface area contributed by atoms with E-state index >= 15 is 0 Å². The highest BCUT2D eigenvalue weighted by Gasteiger charge is 2.26. The van der Waals surface area contributed by atoms with Crippen molar-refractivity contribution in [2.45, 2.75) is 36.3 Å². The van der Waals surface area contributed by atoms with Crippen molar-refractivity contribution in [1.29, 1.82) is 0 Å². The summed E-state index contributed by atoms with van der Waals surface area (Å²) in [5, 5.41) is 0. The molecule has 0 spiro atoms. The molecule has 17 heavy (non-hydrogen) atoms. The first-order valence-corrected chi connectivity index (χ1v) is 7.32. The number of hydrogen-bond acceptors (Lipinski definition) is 3. The molecule has 0 aliphatic heterocycles. The van der Waals surface area contributed by atoms with Gasteiger partial charge in [0.05, 0.1) is 4.90 Å². The summed E-state index contributed by atoms with van der Waals surface area (Å²) >= 11 is 5.81. The van der Waals surface area contributed by atoms with E-state index in [1.807, 2.05) is 6.92 Å². The van der Waals surface area contributed by atoms with Crippen LogP contribution < -0.4 is 0 Å². The van der Waals surface area contributed by atoms with Crippen molar-refractivity contribution in [3.63, 3.8) is 0 Å². The maximum Gasteiger partial charge on any atom is 0.195 e. The summed E-state index contributed by atoms with van der Waals surface area (Å²) in [6, 6.07) is 6.43. The van der Waals surface area contributed by atoms with E-state index in [4.69, 9.17) is 11.6 Å². The van der Waals surface area contributed by atoms with Crippen molar-refractivity contribution < 1.29 is 13.2 Å². The van der Waals surface area contributed by atoms with Gasteiger partial charge in [-0.15, -0.1) is 11.6 Å². The van der Waals surface area contributed by atoms with E-state index in [-0.39, 0.29) is 17.1 Å². The van der Waals surface area contributed by atoms with Crippen LogP contribution in [-0.4, -0.2) is 18.9 Å². The van der Waals surface area contributed by atoms with Gasteiger partial charge >= 0.3 is 0 Å². The lowest BCUT2D eigenvalue weighted by Crippen LogP contribution is -2.19. The van der Waals surface area contributed by atoms with Crippen LogP contribution in [0.3, 0.4) is 0 Å². The second-order valence-electron chi connectivity index (χ2n) is 3.86. The van der Waals surface area contributed by atoms with E-state index in [1.165, 1.54) is 12.1 Å². The Kier molecular flexibility index (Phi) is 4.71. The monoisotopic (exact) mass is 274 g/mol. The molecule has 0 aliphatic carbocycles. The lowest BCUT2D eigenvalue weighted by Gasteiger charge is -2.10. The van der Waals surface area contributed by atoms with Gasteiger partial charge in [-0.05, 0) is 19.1 Å². The minimum Gasteiger partial charge on any atom is -0.300 e. The minimum absolute atomic E-state index is 0.145. The number of ketones is 1. The van der Waals surface area contributed by atoms with Crippen LogP contribution in [0, 0.1) is 6.92 Å². The van der Waals surface area contributed by atoms with Gasteiger partial charge in [0, 0.05) is 12.8 Å². The van der Waals surface area contributed by atoms with Gasteiger partial charge in [-0.3, -0.25) is 4.79 Å². The summed E-state index contributed by atoms with van der Waals surface area (Å²) in [4.78, 5) is 11.4. The highest BCUT2D eigenvalue weighted by atomic mass is 35.5. The first kappa shape index (κ1) is 14.2. The van der Waals surface area contributed by atoms with E-state index in [1.54, 1.807) is 19.1 Å². The van der Waals surface area contributed by atoms with Gasteiger partial charge in [-0.2, -0.15) is 0 Å². The lowest BCUT2D eigenvalue weighted by molar-refractivity contribution is -0.118. The third-order valence-corrected chi connectivity index (χ3v) is 5.10. The predicted octanol–water partition coefficient (Wildman–Crippen LogP) is 2.70. The smallest absolute Gasteiger partial charge is 0.195 e. The Morgan fingerprint density at radius 3 is 2.29 bits per heavy atom. The molecule has 0 aliphatic rings. The molecule has 0 bridgehead atoms. The highest BCUT2D eigenvalue weighted by molar-refractivity contribution is 7.93. The number of carbonyl (C=O) groups excluding carboxylic acids is 1. The topological polar surface area (TPSA) is 51.2 Å². The van der Waals surface area contributed by atoms with Gasteiger partial charge in [-0.25, -0.2) is 8.42 Å². The molecule has 0 saturated carbocycles. The molecule has 1 aromatic carbocycles. The number of sulfone groups is 1. The number of carbonyl (C=O) groups is 1. The SMILES string of the molecule is CCC(=O)CC(Cl)S(=O)(=O)c1ccc(C)cc1. The summed E-state index contributed by atoms with van der Waals surface area (Å²) < 4.78 is 22.8. The molecule has 1 unspecified atom stereocenters. The Hall–Kier alpha value is -0.870.